The molecule has 0 spiro atoms. The van der Waals surface area contributed by atoms with Crippen LogP contribution in [0, 0.1) is 0 Å². The molecule has 0 aromatic heterocycles. The van der Waals surface area contributed by atoms with Gasteiger partial charge in [0.2, 0.25) is 5.91 Å². The van der Waals surface area contributed by atoms with E-state index in [1.54, 1.807) is 18.2 Å². The summed E-state index contributed by atoms with van der Waals surface area (Å²) in [5.41, 5.74) is 0.799. The summed E-state index contributed by atoms with van der Waals surface area (Å²) in [5.74, 6) is 0.510. The van der Waals surface area contributed by atoms with Gasteiger partial charge in [0, 0.05) is 15.3 Å². The monoisotopic (exact) mass is 381 g/mol. The highest BCUT2D eigenvalue weighted by molar-refractivity contribution is 8.02. The van der Waals surface area contributed by atoms with Crippen molar-refractivity contribution in [2.45, 2.75) is 24.6 Å². The Morgan fingerprint density at radius 1 is 1.45 bits per heavy atom. The highest BCUT2D eigenvalue weighted by atomic mass is 35.5. The van der Waals surface area contributed by atoms with Gasteiger partial charge in [0.1, 0.15) is 0 Å². The summed E-state index contributed by atoms with van der Waals surface area (Å²) < 4.78 is 22.7. The predicted octanol–water partition coefficient (Wildman–Crippen LogP) is 3.09. The molecule has 8 heteroatoms. The molecular weight excluding hydrogens is 365 g/mol. The second kappa shape index (κ2) is 7.43. The van der Waals surface area contributed by atoms with Crippen LogP contribution in [0.15, 0.2) is 18.2 Å². The Morgan fingerprint density at radius 3 is 2.77 bits per heavy atom. The Labute approximate surface area is 144 Å². The van der Waals surface area contributed by atoms with Crippen molar-refractivity contribution in [3.05, 3.63) is 33.8 Å². The van der Waals surface area contributed by atoms with Crippen molar-refractivity contribution in [1.29, 1.82) is 0 Å². The lowest BCUT2D eigenvalue weighted by Gasteiger charge is -2.16. The van der Waals surface area contributed by atoms with E-state index in [9.17, 15) is 13.2 Å². The molecule has 1 aromatic carbocycles. The standard InChI is InChI=1S/C14H17Cl2NO3S2/c1-9(12-3-2-10(15)6-13(12)16)17-14(18)7-21-11-4-5-22(19,20)8-11/h2-3,6,9,11H,4-5,7-8H2,1H3,(H,17,18). The summed E-state index contributed by atoms with van der Waals surface area (Å²) in [4.78, 5) is 12.0. The maximum absolute atomic E-state index is 12.0. The zero-order valence-electron chi connectivity index (χ0n) is 12.0. The molecule has 1 aliphatic heterocycles. The number of hydrogen-bond acceptors (Lipinski definition) is 4. The molecule has 1 N–H and O–H groups in total. The lowest BCUT2D eigenvalue weighted by atomic mass is 10.1. The van der Waals surface area contributed by atoms with Gasteiger partial charge >= 0.3 is 0 Å². The molecule has 2 unspecified atom stereocenters. The third-order valence-electron chi connectivity index (χ3n) is 3.45. The minimum atomic E-state index is -2.90. The molecule has 122 valence electrons. The normalized spacial score (nSPS) is 21.5. The van der Waals surface area contributed by atoms with Gasteiger partial charge in [0.05, 0.1) is 23.3 Å². The van der Waals surface area contributed by atoms with Crippen molar-refractivity contribution in [1.82, 2.24) is 5.32 Å². The molecule has 0 saturated carbocycles. The van der Waals surface area contributed by atoms with Crippen molar-refractivity contribution < 1.29 is 13.2 Å². The summed E-state index contributed by atoms with van der Waals surface area (Å²) in [6.45, 7) is 1.84. The first-order valence-electron chi connectivity index (χ1n) is 6.83. The predicted molar refractivity (Wildman–Crippen MR) is 92.5 cm³/mol. The Balaban J connectivity index is 1.84. The fraction of sp³-hybridized carbons (Fsp3) is 0.500. The Kier molecular flexibility index (Phi) is 6.05. The molecule has 2 atom stereocenters. The van der Waals surface area contributed by atoms with Crippen LogP contribution >= 0.6 is 35.0 Å². The molecule has 0 aliphatic carbocycles. The average molecular weight is 382 g/mol. The second-order valence-corrected chi connectivity index (χ2v) is 9.65. The molecule has 1 heterocycles. The molecule has 4 nitrogen and oxygen atoms in total. The minimum Gasteiger partial charge on any atom is -0.349 e. The first-order valence-corrected chi connectivity index (χ1v) is 10.5. The lowest BCUT2D eigenvalue weighted by molar-refractivity contribution is -0.119. The summed E-state index contributed by atoms with van der Waals surface area (Å²) >= 11 is 13.4. The van der Waals surface area contributed by atoms with E-state index in [1.807, 2.05) is 6.92 Å². The van der Waals surface area contributed by atoms with Crippen molar-refractivity contribution in [2.24, 2.45) is 0 Å². The van der Waals surface area contributed by atoms with Crippen LogP contribution in [0.4, 0.5) is 0 Å². The second-order valence-electron chi connectivity index (χ2n) is 5.29. The molecule has 1 fully saturated rings. The van der Waals surface area contributed by atoms with E-state index in [2.05, 4.69) is 5.32 Å². The fourth-order valence-corrected chi connectivity index (χ4v) is 6.33. The molecule has 1 saturated heterocycles. The molecule has 1 aliphatic rings. The number of thioether (sulfide) groups is 1. The van der Waals surface area contributed by atoms with Crippen LogP contribution < -0.4 is 5.32 Å². The number of halogens is 2. The minimum absolute atomic E-state index is 0.0187. The molecule has 22 heavy (non-hydrogen) atoms. The van der Waals surface area contributed by atoms with Crippen LogP contribution in [-0.2, 0) is 14.6 Å². The molecule has 2 rings (SSSR count). The quantitative estimate of drug-likeness (QED) is 0.850. The van der Waals surface area contributed by atoms with Gasteiger partial charge < -0.3 is 5.32 Å². The van der Waals surface area contributed by atoms with Gasteiger partial charge in [-0.05, 0) is 31.0 Å². The van der Waals surface area contributed by atoms with E-state index in [0.29, 0.717) is 16.5 Å². The van der Waals surface area contributed by atoms with Crippen LogP contribution in [0.1, 0.15) is 24.9 Å². The highest BCUT2D eigenvalue weighted by Crippen LogP contribution is 2.27. The van der Waals surface area contributed by atoms with E-state index < -0.39 is 9.84 Å². The number of carbonyl (C=O) groups is 1. The smallest absolute Gasteiger partial charge is 0.230 e. The number of sulfone groups is 1. The SMILES string of the molecule is CC(NC(=O)CSC1CCS(=O)(=O)C1)c1ccc(Cl)cc1Cl. The third-order valence-corrected chi connectivity index (χ3v) is 7.29. The summed E-state index contributed by atoms with van der Waals surface area (Å²) in [5, 5.41) is 3.94. The van der Waals surface area contributed by atoms with E-state index in [-0.39, 0.29) is 34.5 Å². The van der Waals surface area contributed by atoms with Gasteiger partial charge in [-0.1, -0.05) is 29.3 Å². The molecule has 1 aromatic rings. The summed E-state index contributed by atoms with van der Waals surface area (Å²) in [6, 6.07) is 4.92. The van der Waals surface area contributed by atoms with Gasteiger partial charge in [-0.15, -0.1) is 11.8 Å². The lowest BCUT2D eigenvalue weighted by Crippen LogP contribution is -2.29. The van der Waals surface area contributed by atoms with Gasteiger partial charge in [-0.2, -0.15) is 0 Å². The highest BCUT2D eigenvalue weighted by Gasteiger charge is 2.28. The maximum atomic E-state index is 12.0. The molecule has 1 amide bonds. The van der Waals surface area contributed by atoms with Crippen LogP contribution in [-0.4, -0.2) is 36.8 Å². The fourth-order valence-electron chi connectivity index (χ4n) is 2.30. The number of rotatable bonds is 5. The number of nitrogens with one attached hydrogen (secondary N) is 1. The molecule has 0 radical (unpaired) electrons. The Bertz CT molecular complexity index is 664. The largest absolute Gasteiger partial charge is 0.349 e. The zero-order valence-corrected chi connectivity index (χ0v) is 15.2. The van der Waals surface area contributed by atoms with Crippen LogP contribution in [0.5, 0.6) is 0 Å². The van der Waals surface area contributed by atoms with E-state index in [4.69, 9.17) is 23.2 Å². The van der Waals surface area contributed by atoms with Crippen molar-refractivity contribution in [3.8, 4) is 0 Å². The first kappa shape index (κ1) is 17.9. The van der Waals surface area contributed by atoms with E-state index in [1.165, 1.54) is 11.8 Å². The molecular formula is C14H17Cl2NO3S2. The van der Waals surface area contributed by atoms with Gasteiger partial charge in [-0.3, -0.25) is 4.79 Å². The number of carbonyl (C=O) groups excluding carboxylic acids is 1. The zero-order chi connectivity index (χ0) is 16.3. The van der Waals surface area contributed by atoms with Crippen LogP contribution in [0.2, 0.25) is 10.0 Å². The van der Waals surface area contributed by atoms with Gasteiger partial charge in [0.15, 0.2) is 9.84 Å². The van der Waals surface area contributed by atoms with Crippen molar-refractivity contribution in [3.63, 3.8) is 0 Å². The van der Waals surface area contributed by atoms with Crippen LogP contribution in [0.3, 0.4) is 0 Å². The van der Waals surface area contributed by atoms with Crippen LogP contribution in [0.25, 0.3) is 0 Å². The number of hydrogen-bond donors (Lipinski definition) is 1. The van der Waals surface area contributed by atoms with Crippen molar-refractivity contribution in [2.75, 3.05) is 17.3 Å². The summed E-state index contributed by atoms with van der Waals surface area (Å²) in [6.07, 6.45) is 0.624. The Hall–Kier alpha value is -0.430. The van der Waals surface area contributed by atoms with Gasteiger partial charge in [0.25, 0.3) is 0 Å². The summed E-state index contributed by atoms with van der Waals surface area (Å²) in [7, 11) is -2.90. The van der Waals surface area contributed by atoms with Gasteiger partial charge in [-0.25, -0.2) is 8.42 Å². The number of amides is 1. The topological polar surface area (TPSA) is 63.2 Å². The number of benzene rings is 1. The first-order chi connectivity index (χ1) is 10.3. The van der Waals surface area contributed by atoms with Crippen molar-refractivity contribution >= 4 is 50.7 Å². The molecule has 0 bridgehead atoms. The third kappa shape index (κ3) is 5.05. The maximum Gasteiger partial charge on any atom is 0.230 e. The van der Waals surface area contributed by atoms with E-state index in [0.717, 1.165) is 5.56 Å². The average Bonchev–Trinajstić information content (AvgIpc) is 2.76. The Morgan fingerprint density at radius 2 is 2.18 bits per heavy atom. The van der Waals surface area contributed by atoms with E-state index >= 15 is 0 Å².